The highest BCUT2D eigenvalue weighted by atomic mass is 19.1. The van der Waals surface area contributed by atoms with E-state index < -0.39 is 18.0 Å². The van der Waals surface area contributed by atoms with E-state index in [4.69, 9.17) is 4.74 Å². The van der Waals surface area contributed by atoms with Crippen molar-refractivity contribution >= 4 is 11.8 Å². The average molecular weight is 319 g/mol. The number of carbonyl (C=O) groups excluding carboxylic acids is 1. The molecular formula is C16H18FN3O3. The number of carbonyl (C=O) groups is 1. The molecule has 0 saturated carbocycles. The Kier molecular flexibility index (Phi) is 5.87. The molecule has 0 bridgehead atoms. The van der Waals surface area contributed by atoms with Gasteiger partial charge in [0.2, 0.25) is 0 Å². The summed E-state index contributed by atoms with van der Waals surface area (Å²) in [6.07, 6.45) is 0.651. The lowest BCUT2D eigenvalue weighted by Gasteiger charge is -2.14. The number of urea groups is 1. The molecule has 0 saturated heterocycles. The van der Waals surface area contributed by atoms with E-state index in [1.807, 2.05) is 13.0 Å². The Hall–Kier alpha value is -2.67. The number of hydrogen-bond donors (Lipinski definition) is 3. The highest BCUT2D eigenvalue weighted by Gasteiger charge is 2.09. The van der Waals surface area contributed by atoms with Crippen LogP contribution in [-0.4, -0.2) is 35.4 Å². The van der Waals surface area contributed by atoms with Gasteiger partial charge in [-0.1, -0.05) is 12.1 Å². The minimum atomic E-state index is -0.922. The van der Waals surface area contributed by atoms with Gasteiger partial charge in [0.05, 0.1) is 0 Å². The third-order valence-corrected chi connectivity index (χ3v) is 2.98. The predicted molar refractivity (Wildman–Crippen MR) is 83.9 cm³/mol. The lowest BCUT2D eigenvalue weighted by molar-refractivity contribution is 0.108. The highest BCUT2D eigenvalue weighted by Crippen LogP contribution is 2.12. The Labute approximate surface area is 133 Å². The number of aliphatic hydroxyl groups excluding tert-OH is 1. The van der Waals surface area contributed by atoms with Gasteiger partial charge in [0.1, 0.15) is 30.1 Å². The molecule has 1 aromatic heterocycles. The van der Waals surface area contributed by atoms with E-state index in [2.05, 4.69) is 15.6 Å². The van der Waals surface area contributed by atoms with Crippen molar-refractivity contribution in [3.05, 3.63) is 54.0 Å². The number of pyridine rings is 1. The van der Waals surface area contributed by atoms with Gasteiger partial charge in [-0.15, -0.1) is 0 Å². The number of rotatable bonds is 6. The van der Waals surface area contributed by atoms with Gasteiger partial charge in [0, 0.05) is 18.8 Å². The molecule has 23 heavy (non-hydrogen) atoms. The van der Waals surface area contributed by atoms with Crippen LogP contribution in [0.1, 0.15) is 5.56 Å². The quantitative estimate of drug-likeness (QED) is 0.761. The fraction of sp³-hybridized carbons (Fsp3) is 0.250. The van der Waals surface area contributed by atoms with Gasteiger partial charge >= 0.3 is 6.03 Å². The van der Waals surface area contributed by atoms with E-state index in [0.29, 0.717) is 11.6 Å². The molecule has 122 valence electrons. The van der Waals surface area contributed by atoms with Crippen LogP contribution in [0.4, 0.5) is 15.0 Å². The van der Waals surface area contributed by atoms with Crippen molar-refractivity contribution in [3.8, 4) is 5.75 Å². The number of ether oxygens (including phenoxy) is 1. The maximum absolute atomic E-state index is 13.0. The van der Waals surface area contributed by atoms with E-state index in [9.17, 15) is 14.3 Å². The summed E-state index contributed by atoms with van der Waals surface area (Å²) in [4.78, 5) is 15.8. The van der Waals surface area contributed by atoms with Gasteiger partial charge < -0.3 is 15.2 Å². The van der Waals surface area contributed by atoms with Crippen molar-refractivity contribution in [2.75, 3.05) is 18.5 Å². The molecule has 1 aromatic carbocycles. The summed E-state index contributed by atoms with van der Waals surface area (Å²) in [5.41, 5.74) is 0.831. The molecular weight excluding hydrogens is 301 g/mol. The monoisotopic (exact) mass is 319 g/mol. The summed E-state index contributed by atoms with van der Waals surface area (Å²) in [7, 11) is 0. The molecule has 0 aliphatic heterocycles. The first-order chi connectivity index (χ1) is 11.0. The number of anilines is 1. The molecule has 2 amide bonds. The number of aryl methyl sites for hydroxylation is 1. The lowest BCUT2D eigenvalue weighted by Crippen LogP contribution is -2.38. The summed E-state index contributed by atoms with van der Waals surface area (Å²) < 4.78 is 18.2. The first-order valence-corrected chi connectivity index (χ1v) is 7.07. The van der Waals surface area contributed by atoms with Gasteiger partial charge in [0.25, 0.3) is 0 Å². The smallest absolute Gasteiger partial charge is 0.320 e. The second kappa shape index (κ2) is 8.09. The summed E-state index contributed by atoms with van der Waals surface area (Å²) in [6, 6.07) is 8.73. The minimum Gasteiger partial charge on any atom is -0.491 e. The molecule has 1 heterocycles. The number of nitrogens with one attached hydrogen (secondary N) is 2. The largest absolute Gasteiger partial charge is 0.491 e. The van der Waals surface area contributed by atoms with E-state index in [1.54, 1.807) is 18.3 Å². The third kappa shape index (κ3) is 5.55. The number of amides is 2. The standard InChI is InChI=1S/C16H18FN3O3/c1-11-4-3-7-18-15(11)20-16(22)19-9-13(21)10-23-14-6-2-5-12(17)8-14/h2-8,13,21H,9-10H2,1H3,(H2,18,19,20,22). The fourth-order valence-corrected chi connectivity index (χ4v) is 1.79. The molecule has 0 aliphatic rings. The lowest BCUT2D eigenvalue weighted by atomic mass is 10.3. The van der Waals surface area contributed by atoms with Crippen LogP contribution in [0, 0.1) is 12.7 Å². The van der Waals surface area contributed by atoms with Crippen LogP contribution in [0.15, 0.2) is 42.6 Å². The Morgan fingerprint density at radius 3 is 2.96 bits per heavy atom. The first-order valence-electron chi connectivity index (χ1n) is 7.07. The van der Waals surface area contributed by atoms with Crippen LogP contribution in [0.5, 0.6) is 5.75 Å². The number of benzene rings is 1. The van der Waals surface area contributed by atoms with Crippen molar-refractivity contribution < 1.29 is 19.0 Å². The van der Waals surface area contributed by atoms with Crippen molar-refractivity contribution in [1.82, 2.24) is 10.3 Å². The van der Waals surface area contributed by atoms with Gasteiger partial charge in [0.15, 0.2) is 0 Å². The Bertz CT molecular complexity index is 667. The van der Waals surface area contributed by atoms with Crippen LogP contribution >= 0.6 is 0 Å². The van der Waals surface area contributed by atoms with Crippen molar-refractivity contribution in [2.45, 2.75) is 13.0 Å². The molecule has 0 fully saturated rings. The zero-order valence-electron chi connectivity index (χ0n) is 12.6. The molecule has 1 unspecified atom stereocenters. The van der Waals surface area contributed by atoms with Crippen LogP contribution < -0.4 is 15.4 Å². The zero-order valence-corrected chi connectivity index (χ0v) is 12.6. The second-order valence-corrected chi connectivity index (χ2v) is 4.93. The molecule has 1 atom stereocenters. The van der Waals surface area contributed by atoms with Gasteiger partial charge in [-0.25, -0.2) is 14.2 Å². The van der Waals surface area contributed by atoms with Gasteiger partial charge in [-0.05, 0) is 30.7 Å². The summed E-state index contributed by atoms with van der Waals surface area (Å²) in [5, 5.41) is 14.9. The van der Waals surface area contributed by atoms with E-state index in [-0.39, 0.29) is 13.2 Å². The van der Waals surface area contributed by atoms with E-state index >= 15 is 0 Å². The second-order valence-electron chi connectivity index (χ2n) is 4.93. The van der Waals surface area contributed by atoms with Crippen LogP contribution in [0.3, 0.4) is 0 Å². The maximum Gasteiger partial charge on any atom is 0.320 e. The number of halogens is 1. The minimum absolute atomic E-state index is 0.00691. The molecule has 0 radical (unpaired) electrons. The average Bonchev–Trinajstić information content (AvgIpc) is 2.53. The topological polar surface area (TPSA) is 83.5 Å². The molecule has 0 spiro atoms. The van der Waals surface area contributed by atoms with E-state index in [0.717, 1.165) is 5.56 Å². The van der Waals surface area contributed by atoms with Crippen molar-refractivity contribution in [1.29, 1.82) is 0 Å². The Morgan fingerprint density at radius 1 is 1.39 bits per heavy atom. The molecule has 2 aromatic rings. The summed E-state index contributed by atoms with van der Waals surface area (Å²) in [6.45, 7) is 1.75. The van der Waals surface area contributed by atoms with Gasteiger partial charge in [-0.2, -0.15) is 0 Å². The normalized spacial score (nSPS) is 11.6. The molecule has 0 aliphatic carbocycles. The van der Waals surface area contributed by atoms with Crippen molar-refractivity contribution in [2.24, 2.45) is 0 Å². The molecule has 6 nitrogen and oxygen atoms in total. The SMILES string of the molecule is Cc1cccnc1NC(=O)NCC(O)COc1cccc(F)c1. The summed E-state index contributed by atoms with van der Waals surface area (Å²) >= 11 is 0. The van der Waals surface area contributed by atoms with Crippen LogP contribution in [0.25, 0.3) is 0 Å². The molecule has 7 heteroatoms. The number of nitrogens with zero attached hydrogens (tertiary/aromatic N) is 1. The fourth-order valence-electron chi connectivity index (χ4n) is 1.79. The van der Waals surface area contributed by atoms with Gasteiger partial charge in [-0.3, -0.25) is 5.32 Å². The number of hydrogen-bond acceptors (Lipinski definition) is 4. The van der Waals surface area contributed by atoms with Crippen LogP contribution in [-0.2, 0) is 0 Å². The Balaban J connectivity index is 1.72. The molecule has 2 rings (SSSR count). The maximum atomic E-state index is 13.0. The zero-order chi connectivity index (χ0) is 16.7. The van der Waals surface area contributed by atoms with Crippen molar-refractivity contribution in [3.63, 3.8) is 0 Å². The Morgan fingerprint density at radius 2 is 2.22 bits per heavy atom. The third-order valence-electron chi connectivity index (χ3n) is 2.98. The first kappa shape index (κ1) is 16.7. The van der Waals surface area contributed by atoms with E-state index in [1.165, 1.54) is 18.2 Å². The van der Waals surface area contributed by atoms with Crippen LogP contribution in [0.2, 0.25) is 0 Å². The number of aromatic nitrogens is 1. The predicted octanol–water partition coefficient (Wildman–Crippen LogP) is 2.09. The highest BCUT2D eigenvalue weighted by molar-refractivity contribution is 5.88. The number of aliphatic hydroxyl groups is 1. The summed E-state index contributed by atoms with van der Waals surface area (Å²) in [5.74, 6) is 0.355. The molecule has 3 N–H and O–H groups in total.